The Morgan fingerprint density at radius 3 is 2.50 bits per heavy atom. The average Bonchev–Trinajstić information content (AvgIpc) is 3.07. The van der Waals surface area contributed by atoms with E-state index in [4.69, 9.17) is 4.74 Å². The van der Waals surface area contributed by atoms with Crippen LogP contribution in [0.1, 0.15) is 18.9 Å². The fraction of sp³-hybridized carbons (Fsp3) is 0.385. The first-order valence-electron chi connectivity index (χ1n) is 5.39. The zero-order chi connectivity index (χ0) is 11.5. The molecule has 0 radical (unpaired) electrons. The molecule has 0 aromatic heterocycles. The second-order valence-electron chi connectivity index (χ2n) is 4.15. The van der Waals surface area contributed by atoms with E-state index < -0.39 is 0 Å². The predicted octanol–water partition coefficient (Wildman–Crippen LogP) is 1.95. The fourth-order valence-electron chi connectivity index (χ4n) is 1.74. The molecule has 0 saturated heterocycles. The van der Waals surface area contributed by atoms with Crippen molar-refractivity contribution in [3.63, 3.8) is 0 Å². The van der Waals surface area contributed by atoms with Crippen LogP contribution in [0.15, 0.2) is 30.3 Å². The van der Waals surface area contributed by atoms with Crippen molar-refractivity contribution in [2.75, 3.05) is 0 Å². The van der Waals surface area contributed by atoms with Crippen LogP contribution in [0.25, 0.3) is 0 Å². The molecule has 0 N–H and O–H groups in total. The van der Waals surface area contributed by atoms with Gasteiger partial charge >= 0.3 is 5.97 Å². The number of ether oxygens (including phenoxy) is 1. The van der Waals surface area contributed by atoms with Crippen molar-refractivity contribution in [3.05, 3.63) is 35.9 Å². The van der Waals surface area contributed by atoms with Crippen molar-refractivity contribution in [2.24, 2.45) is 11.8 Å². The largest absolute Gasteiger partial charge is 0.461 e. The van der Waals surface area contributed by atoms with Crippen molar-refractivity contribution in [2.45, 2.75) is 20.0 Å². The first-order valence-corrected chi connectivity index (χ1v) is 5.39. The SMILES string of the molecule is CC(=O)[C@@H]1C[C@H]1C(=O)OCc1ccccc1. The van der Waals surface area contributed by atoms with Crippen molar-refractivity contribution in [1.29, 1.82) is 0 Å². The summed E-state index contributed by atoms with van der Waals surface area (Å²) < 4.78 is 5.14. The number of carbonyl (C=O) groups excluding carboxylic acids is 2. The van der Waals surface area contributed by atoms with Crippen molar-refractivity contribution in [1.82, 2.24) is 0 Å². The molecule has 0 aliphatic heterocycles. The van der Waals surface area contributed by atoms with Gasteiger partial charge in [0.1, 0.15) is 12.4 Å². The van der Waals surface area contributed by atoms with Gasteiger partial charge in [0.25, 0.3) is 0 Å². The van der Waals surface area contributed by atoms with Gasteiger partial charge < -0.3 is 4.74 Å². The topological polar surface area (TPSA) is 43.4 Å². The zero-order valence-electron chi connectivity index (χ0n) is 9.18. The lowest BCUT2D eigenvalue weighted by Crippen LogP contribution is -2.10. The monoisotopic (exact) mass is 218 g/mol. The summed E-state index contributed by atoms with van der Waals surface area (Å²) in [7, 11) is 0. The van der Waals surface area contributed by atoms with Crippen LogP contribution in [0.4, 0.5) is 0 Å². The summed E-state index contributed by atoms with van der Waals surface area (Å²) in [6.07, 6.45) is 0.656. The Morgan fingerprint density at radius 2 is 1.94 bits per heavy atom. The van der Waals surface area contributed by atoms with Gasteiger partial charge in [0.2, 0.25) is 0 Å². The lowest BCUT2D eigenvalue weighted by molar-refractivity contribution is -0.147. The minimum Gasteiger partial charge on any atom is -0.461 e. The highest BCUT2D eigenvalue weighted by atomic mass is 16.5. The summed E-state index contributed by atoms with van der Waals surface area (Å²) in [4.78, 5) is 22.5. The quantitative estimate of drug-likeness (QED) is 0.725. The second-order valence-corrected chi connectivity index (χ2v) is 4.15. The Bertz CT molecular complexity index is 397. The number of carbonyl (C=O) groups is 2. The molecule has 2 rings (SSSR count). The zero-order valence-corrected chi connectivity index (χ0v) is 9.18. The van der Waals surface area contributed by atoms with Gasteiger partial charge in [-0.15, -0.1) is 0 Å². The first-order chi connectivity index (χ1) is 7.68. The molecule has 1 aromatic rings. The number of ketones is 1. The summed E-state index contributed by atoms with van der Waals surface area (Å²) in [5.74, 6) is -0.449. The van der Waals surface area contributed by atoms with Gasteiger partial charge in [-0.3, -0.25) is 9.59 Å². The van der Waals surface area contributed by atoms with Crippen LogP contribution in [0.2, 0.25) is 0 Å². The van der Waals surface area contributed by atoms with E-state index >= 15 is 0 Å². The number of esters is 1. The molecule has 0 heterocycles. The maximum Gasteiger partial charge on any atom is 0.310 e. The normalized spacial score (nSPS) is 22.6. The van der Waals surface area contributed by atoms with Crippen molar-refractivity contribution in [3.8, 4) is 0 Å². The predicted molar refractivity (Wildman–Crippen MR) is 58.5 cm³/mol. The second kappa shape index (κ2) is 4.47. The molecule has 0 unspecified atom stereocenters. The van der Waals surface area contributed by atoms with Gasteiger partial charge in [-0.25, -0.2) is 0 Å². The molecule has 1 aliphatic carbocycles. The fourth-order valence-corrected chi connectivity index (χ4v) is 1.74. The van der Waals surface area contributed by atoms with Gasteiger partial charge in [0, 0.05) is 5.92 Å². The Hall–Kier alpha value is -1.64. The highest BCUT2D eigenvalue weighted by Crippen LogP contribution is 2.40. The summed E-state index contributed by atoms with van der Waals surface area (Å²) in [6, 6.07) is 9.53. The average molecular weight is 218 g/mol. The third kappa shape index (κ3) is 2.48. The van der Waals surface area contributed by atoms with E-state index in [1.54, 1.807) is 0 Å². The lowest BCUT2D eigenvalue weighted by atomic mass is 10.2. The molecule has 1 fully saturated rings. The van der Waals surface area contributed by atoms with E-state index in [0.717, 1.165) is 5.56 Å². The molecule has 2 atom stereocenters. The molecular weight excluding hydrogens is 204 g/mol. The molecule has 1 aliphatic rings. The van der Waals surface area contributed by atoms with Crippen molar-refractivity contribution < 1.29 is 14.3 Å². The van der Waals surface area contributed by atoms with E-state index in [1.165, 1.54) is 6.92 Å². The van der Waals surface area contributed by atoms with Crippen LogP contribution >= 0.6 is 0 Å². The molecule has 0 spiro atoms. The van der Waals surface area contributed by atoms with E-state index in [9.17, 15) is 9.59 Å². The molecule has 84 valence electrons. The third-order valence-electron chi connectivity index (χ3n) is 2.84. The lowest BCUT2D eigenvalue weighted by Gasteiger charge is -2.03. The van der Waals surface area contributed by atoms with Gasteiger partial charge in [0.05, 0.1) is 5.92 Å². The summed E-state index contributed by atoms with van der Waals surface area (Å²) in [5, 5.41) is 0. The molecule has 16 heavy (non-hydrogen) atoms. The summed E-state index contributed by atoms with van der Waals surface area (Å²) in [6.45, 7) is 1.82. The van der Waals surface area contributed by atoms with Gasteiger partial charge in [-0.2, -0.15) is 0 Å². The molecule has 1 saturated carbocycles. The molecule has 3 nitrogen and oxygen atoms in total. The van der Waals surface area contributed by atoms with Crippen LogP contribution in [0.3, 0.4) is 0 Å². The van der Waals surface area contributed by atoms with Gasteiger partial charge in [-0.1, -0.05) is 30.3 Å². The molecule has 0 bridgehead atoms. The van der Waals surface area contributed by atoms with Crippen LogP contribution in [-0.4, -0.2) is 11.8 Å². The number of rotatable bonds is 4. The maximum absolute atomic E-state index is 11.5. The summed E-state index contributed by atoms with van der Waals surface area (Å²) in [5.41, 5.74) is 0.968. The number of benzene rings is 1. The highest BCUT2D eigenvalue weighted by molar-refractivity contribution is 5.89. The van der Waals surface area contributed by atoms with E-state index in [0.29, 0.717) is 13.0 Å². The molecule has 3 heteroatoms. The standard InChI is InChI=1S/C13H14O3/c1-9(14)11-7-12(11)13(15)16-8-10-5-3-2-4-6-10/h2-6,11-12H,7-8H2,1H3/t11-,12+/m0/s1. The maximum atomic E-state index is 11.5. The molecule has 0 amide bonds. The van der Waals surface area contributed by atoms with Crippen molar-refractivity contribution >= 4 is 11.8 Å². The van der Waals surface area contributed by atoms with Crippen LogP contribution in [-0.2, 0) is 20.9 Å². The number of Topliss-reactive ketones (excluding diaryl/α,β-unsaturated/α-hetero) is 1. The van der Waals surface area contributed by atoms with E-state index in [-0.39, 0.29) is 23.6 Å². The summed E-state index contributed by atoms with van der Waals surface area (Å²) >= 11 is 0. The molecule has 1 aromatic carbocycles. The highest BCUT2D eigenvalue weighted by Gasteiger charge is 2.47. The Balaban J connectivity index is 1.80. The van der Waals surface area contributed by atoms with Crippen LogP contribution in [0, 0.1) is 11.8 Å². The Morgan fingerprint density at radius 1 is 1.25 bits per heavy atom. The van der Waals surface area contributed by atoms with Gasteiger partial charge in [-0.05, 0) is 18.9 Å². The molecular formula is C13H14O3. The number of hydrogen-bond donors (Lipinski definition) is 0. The first kappa shape index (κ1) is 10.9. The van der Waals surface area contributed by atoms with Crippen LogP contribution < -0.4 is 0 Å². The van der Waals surface area contributed by atoms with E-state index in [1.807, 2.05) is 30.3 Å². The van der Waals surface area contributed by atoms with Gasteiger partial charge in [0.15, 0.2) is 0 Å². The van der Waals surface area contributed by atoms with E-state index in [2.05, 4.69) is 0 Å². The third-order valence-corrected chi connectivity index (χ3v) is 2.84. The minimum atomic E-state index is -0.246. The Labute approximate surface area is 94.4 Å². The number of hydrogen-bond acceptors (Lipinski definition) is 3. The minimum absolute atomic E-state index is 0.0849. The van der Waals surface area contributed by atoms with Crippen LogP contribution in [0.5, 0.6) is 0 Å². The smallest absolute Gasteiger partial charge is 0.310 e. The Kier molecular flexibility index (Phi) is 3.04.